The van der Waals surface area contributed by atoms with Crippen LogP contribution >= 0.6 is 0 Å². The normalized spacial score (nSPS) is 23.5. The molecule has 1 aliphatic heterocycles. The van der Waals surface area contributed by atoms with E-state index in [1.807, 2.05) is 0 Å². The van der Waals surface area contributed by atoms with Crippen molar-refractivity contribution in [3.63, 3.8) is 0 Å². The molecular weight excluding hydrogens is 246 g/mol. The first kappa shape index (κ1) is 14.1. The van der Waals surface area contributed by atoms with E-state index >= 15 is 0 Å². The maximum absolute atomic E-state index is 5.93. The summed E-state index contributed by atoms with van der Waals surface area (Å²) in [6.45, 7) is 2.97. The molecule has 1 aliphatic carbocycles. The predicted octanol–water partition coefficient (Wildman–Crippen LogP) is 3.86. The fourth-order valence-corrected chi connectivity index (χ4v) is 3.66. The molecule has 1 aromatic carbocycles. The van der Waals surface area contributed by atoms with Crippen molar-refractivity contribution in [1.29, 1.82) is 0 Å². The lowest BCUT2D eigenvalue weighted by atomic mass is 9.87. The molecule has 0 saturated heterocycles. The van der Waals surface area contributed by atoms with E-state index in [4.69, 9.17) is 4.74 Å². The molecule has 20 heavy (non-hydrogen) atoms. The maximum Gasteiger partial charge on any atom is 0.0952 e. The first-order valence-electron chi connectivity index (χ1n) is 8.33. The second kappa shape index (κ2) is 7.24. The Morgan fingerprint density at radius 2 is 1.95 bits per heavy atom. The molecule has 110 valence electrons. The van der Waals surface area contributed by atoms with E-state index in [-0.39, 0.29) is 6.10 Å². The number of hydrogen-bond acceptors (Lipinski definition) is 2. The lowest BCUT2D eigenvalue weighted by Crippen LogP contribution is -2.29. The molecule has 0 amide bonds. The Balaban J connectivity index is 1.43. The second-order valence-electron chi connectivity index (χ2n) is 6.31. The monoisotopic (exact) mass is 273 g/mol. The fraction of sp³-hybridized carbons (Fsp3) is 0.667. The summed E-state index contributed by atoms with van der Waals surface area (Å²) in [4.78, 5) is 0. The smallest absolute Gasteiger partial charge is 0.0952 e. The fourth-order valence-electron chi connectivity index (χ4n) is 3.66. The zero-order chi connectivity index (χ0) is 13.6. The number of rotatable bonds is 5. The van der Waals surface area contributed by atoms with Gasteiger partial charge in [-0.3, -0.25) is 0 Å². The van der Waals surface area contributed by atoms with Gasteiger partial charge in [-0.25, -0.2) is 0 Å². The lowest BCUT2D eigenvalue weighted by molar-refractivity contribution is 0.0423. The van der Waals surface area contributed by atoms with E-state index in [9.17, 15) is 0 Å². The quantitative estimate of drug-likeness (QED) is 0.823. The van der Waals surface area contributed by atoms with Crippen molar-refractivity contribution in [2.75, 3.05) is 19.7 Å². The third-order valence-corrected chi connectivity index (χ3v) is 4.88. The van der Waals surface area contributed by atoms with Crippen molar-refractivity contribution in [3.8, 4) is 0 Å². The van der Waals surface area contributed by atoms with Crippen LogP contribution in [0, 0.1) is 5.92 Å². The van der Waals surface area contributed by atoms with Gasteiger partial charge in [0.15, 0.2) is 0 Å². The number of hydrogen-bond donors (Lipinski definition) is 1. The van der Waals surface area contributed by atoms with Crippen molar-refractivity contribution in [1.82, 2.24) is 5.32 Å². The molecule has 1 aromatic rings. The minimum atomic E-state index is 0.256. The van der Waals surface area contributed by atoms with Crippen molar-refractivity contribution >= 4 is 0 Å². The van der Waals surface area contributed by atoms with Crippen LogP contribution in [0.25, 0.3) is 0 Å². The van der Waals surface area contributed by atoms with Gasteiger partial charge in [0.2, 0.25) is 0 Å². The van der Waals surface area contributed by atoms with E-state index in [0.717, 1.165) is 32.0 Å². The highest BCUT2D eigenvalue weighted by atomic mass is 16.5. The van der Waals surface area contributed by atoms with Crippen LogP contribution < -0.4 is 5.32 Å². The maximum atomic E-state index is 5.93. The topological polar surface area (TPSA) is 21.3 Å². The molecule has 1 unspecified atom stereocenters. The van der Waals surface area contributed by atoms with Gasteiger partial charge in [-0.2, -0.15) is 0 Å². The van der Waals surface area contributed by atoms with E-state index in [1.165, 1.54) is 49.7 Å². The standard InChI is InChI=1S/C18H27NO/c1-2-6-15(7-3-1)10-12-19-14-18-17-9-5-4-8-16(17)11-13-20-18/h4-5,8-9,15,18-19H,1-3,6-7,10-14H2. The Hall–Kier alpha value is -0.860. The van der Waals surface area contributed by atoms with Crippen molar-refractivity contribution in [2.24, 2.45) is 5.92 Å². The zero-order valence-electron chi connectivity index (χ0n) is 12.4. The minimum Gasteiger partial charge on any atom is -0.372 e. The van der Waals surface area contributed by atoms with Crippen LogP contribution in [0.4, 0.5) is 0 Å². The molecule has 2 heteroatoms. The summed E-state index contributed by atoms with van der Waals surface area (Å²) in [6, 6.07) is 8.73. The zero-order valence-corrected chi connectivity index (χ0v) is 12.4. The summed E-state index contributed by atoms with van der Waals surface area (Å²) in [5.74, 6) is 0.968. The average Bonchev–Trinajstić information content (AvgIpc) is 2.53. The van der Waals surface area contributed by atoms with Gasteiger partial charge in [-0.15, -0.1) is 0 Å². The van der Waals surface area contributed by atoms with Crippen LogP contribution in [-0.4, -0.2) is 19.7 Å². The lowest BCUT2D eigenvalue weighted by Gasteiger charge is -2.27. The van der Waals surface area contributed by atoms with Crippen LogP contribution in [0.1, 0.15) is 55.8 Å². The first-order valence-corrected chi connectivity index (χ1v) is 8.33. The highest BCUT2D eigenvalue weighted by Gasteiger charge is 2.20. The van der Waals surface area contributed by atoms with Gasteiger partial charge in [0.1, 0.15) is 0 Å². The largest absolute Gasteiger partial charge is 0.372 e. The van der Waals surface area contributed by atoms with Crippen molar-refractivity contribution in [3.05, 3.63) is 35.4 Å². The van der Waals surface area contributed by atoms with Gasteiger partial charge in [0, 0.05) is 6.54 Å². The Labute approximate surface area is 122 Å². The van der Waals surface area contributed by atoms with Crippen LogP contribution in [-0.2, 0) is 11.2 Å². The summed E-state index contributed by atoms with van der Waals surface area (Å²) in [7, 11) is 0. The Morgan fingerprint density at radius 3 is 2.85 bits per heavy atom. The van der Waals surface area contributed by atoms with Gasteiger partial charge < -0.3 is 10.1 Å². The minimum absolute atomic E-state index is 0.256. The van der Waals surface area contributed by atoms with Crippen LogP contribution in [0.2, 0.25) is 0 Å². The van der Waals surface area contributed by atoms with E-state index in [0.29, 0.717) is 0 Å². The summed E-state index contributed by atoms with van der Waals surface area (Å²) in [6.07, 6.45) is 9.91. The average molecular weight is 273 g/mol. The molecule has 0 aromatic heterocycles. The van der Waals surface area contributed by atoms with Crippen LogP contribution in [0.3, 0.4) is 0 Å². The molecule has 0 bridgehead atoms. The third kappa shape index (κ3) is 3.62. The van der Waals surface area contributed by atoms with Gasteiger partial charge in [0.25, 0.3) is 0 Å². The molecule has 0 radical (unpaired) electrons. The van der Waals surface area contributed by atoms with Gasteiger partial charge >= 0.3 is 0 Å². The number of ether oxygens (including phenoxy) is 1. The summed E-state index contributed by atoms with van der Waals surface area (Å²) in [5, 5.41) is 3.62. The number of benzene rings is 1. The van der Waals surface area contributed by atoms with Gasteiger partial charge in [-0.1, -0.05) is 56.4 Å². The summed E-state index contributed by atoms with van der Waals surface area (Å²) < 4.78 is 5.93. The molecule has 2 nitrogen and oxygen atoms in total. The van der Waals surface area contributed by atoms with Crippen LogP contribution in [0.5, 0.6) is 0 Å². The van der Waals surface area contributed by atoms with Crippen molar-refractivity contribution < 1.29 is 4.74 Å². The second-order valence-corrected chi connectivity index (χ2v) is 6.31. The molecule has 0 spiro atoms. The molecule has 1 saturated carbocycles. The Morgan fingerprint density at radius 1 is 1.10 bits per heavy atom. The summed E-state index contributed by atoms with van der Waals surface area (Å²) in [5.41, 5.74) is 2.86. The van der Waals surface area contributed by atoms with Crippen LogP contribution in [0.15, 0.2) is 24.3 Å². The summed E-state index contributed by atoms with van der Waals surface area (Å²) >= 11 is 0. The third-order valence-electron chi connectivity index (χ3n) is 4.88. The highest BCUT2D eigenvalue weighted by Crippen LogP contribution is 2.27. The van der Waals surface area contributed by atoms with Gasteiger partial charge in [-0.05, 0) is 36.4 Å². The molecule has 1 fully saturated rings. The Bertz CT molecular complexity index is 412. The van der Waals surface area contributed by atoms with E-state index < -0.39 is 0 Å². The molecule has 2 aliphatic rings. The van der Waals surface area contributed by atoms with Gasteiger partial charge in [0.05, 0.1) is 12.7 Å². The van der Waals surface area contributed by atoms with E-state index in [1.54, 1.807) is 0 Å². The molecule has 1 atom stereocenters. The predicted molar refractivity (Wildman–Crippen MR) is 82.9 cm³/mol. The molecule has 1 N–H and O–H groups in total. The Kier molecular flexibility index (Phi) is 5.10. The number of nitrogens with one attached hydrogen (secondary N) is 1. The molecular formula is C18H27NO. The van der Waals surface area contributed by atoms with E-state index in [2.05, 4.69) is 29.6 Å². The van der Waals surface area contributed by atoms with Crippen molar-refractivity contribution in [2.45, 2.75) is 51.0 Å². The molecule has 1 heterocycles. The first-order chi connectivity index (χ1) is 9.93. The SMILES string of the molecule is c1ccc2c(c1)CCOC2CNCCC1CCCCC1. The molecule has 3 rings (SSSR count). The highest BCUT2D eigenvalue weighted by molar-refractivity contribution is 5.31. The number of fused-ring (bicyclic) bond motifs is 1.